The summed E-state index contributed by atoms with van der Waals surface area (Å²) < 4.78 is 5.71. The van der Waals surface area contributed by atoms with Crippen LogP contribution < -0.4 is 15.4 Å². The van der Waals surface area contributed by atoms with Gasteiger partial charge in [-0.05, 0) is 51.3 Å². The smallest absolute Gasteiger partial charge is 0.319 e. The molecule has 2 rings (SSSR count). The van der Waals surface area contributed by atoms with E-state index in [0.717, 1.165) is 12.8 Å². The number of anilines is 1. The van der Waals surface area contributed by atoms with Gasteiger partial charge in [0.25, 0.3) is 0 Å². The minimum Gasteiger partial charge on any atom is -0.489 e. The number of hydrogen-bond donors (Lipinski definition) is 2. The molecule has 0 fully saturated rings. The van der Waals surface area contributed by atoms with Gasteiger partial charge in [-0.3, -0.25) is 0 Å². The molecule has 0 heterocycles. The van der Waals surface area contributed by atoms with E-state index in [-0.39, 0.29) is 18.2 Å². The van der Waals surface area contributed by atoms with E-state index >= 15 is 0 Å². The highest BCUT2D eigenvalue weighted by molar-refractivity contribution is 5.91. The van der Waals surface area contributed by atoms with Gasteiger partial charge in [-0.2, -0.15) is 0 Å². The third kappa shape index (κ3) is 5.95. The van der Waals surface area contributed by atoms with Gasteiger partial charge in [-0.25, -0.2) is 4.79 Å². The van der Waals surface area contributed by atoms with Crippen LogP contribution in [0.25, 0.3) is 0 Å². The van der Waals surface area contributed by atoms with Crippen LogP contribution in [0.1, 0.15) is 32.8 Å². The van der Waals surface area contributed by atoms with E-state index in [2.05, 4.69) is 22.8 Å². The van der Waals surface area contributed by atoms with Gasteiger partial charge >= 0.3 is 6.03 Å². The molecule has 0 aromatic heterocycles. The van der Waals surface area contributed by atoms with E-state index in [9.17, 15) is 4.79 Å². The molecule has 2 aromatic carbocycles. The maximum Gasteiger partial charge on any atom is 0.319 e. The number of carbonyl (C=O) groups excluding carboxylic acids is 1. The monoisotopic (exact) mass is 326 g/mol. The molecular weight excluding hydrogens is 300 g/mol. The minimum absolute atomic E-state index is 0.0563. The summed E-state index contributed by atoms with van der Waals surface area (Å²) in [6.45, 7) is 5.93. The van der Waals surface area contributed by atoms with Crippen molar-refractivity contribution in [2.24, 2.45) is 0 Å². The van der Waals surface area contributed by atoms with Gasteiger partial charge in [-0.15, -0.1) is 0 Å². The second kappa shape index (κ2) is 8.96. The average Bonchev–Trinajstić information content (AvgIpc) is 2.55. The first-order chi connectivity index (χ1) is 11.5. The van der Waals surface area contributed by atoms with Gasteiger partial charge in [0.15, 0.2) is 0 Å². The summed E-state index contributed by atoms with van der Waals surface area (Å²) in [5, 5.41) is 5.84. The molecule has 0 radical (unpaired) electrons. The Hall–Kier alpha value is -2.49. The summed E-state index contributed by atoms with van der Waals surface area (Å²) in [6.07, 6.45) is 1.89. The normalized spacial score (nSPS) is 11.8. The van der Waals surface area contributed by atoms with Crippen molar-refractivity contribution in [1.29, 1.82) is 0 Å². The fourth-order valence-electron chi connectivity index (χ4n) is 2.41. The number of urea groups is 1. The first kappa shape index (κ1) is 17.9. The van der Waals surface area contributed by atoms with Crippen molar-refractivity contribution in [1.82, 2.24) is 5.32 Å². The summed E-state index contributed by atoms with van der Waals surface area (Å²) in [7, 11) is 0. The predicted molar refractivity (Wildman–Crippen MR) is 98.6 cm³/mol. The Morgan fingerprint density at radius 1 is 1.00 bits per heavy atom. The summed E-state index contributed by atoms with van der Waals surface area (Å²) >= 11 is 0. The maximum absolute atomic E-state index is 12.2. The highest BCUT2D eigenvalue weighted by Gasteiger charge is 2.11. The van der Waals surface area contributed by atoms with Crippen LogP contribution in [-0.2, 0) is 6.42 Å². The van der Waals surface area contributed by atoms with Gasteiger partial charge in [0.05, 0.1) is 11.8 Å². The summed E-state index contributed by atoms with van der Waals surface area (Å²) in [5.41, 5.74) is 1.96. The second-order valence-electron chi connectivity index (χ2n) is 6.19. The van der Waals surface area contributed by atoms with Gasteiger partial charge in [0, 0.05) is 6.04 Å². The van der Waals surface area contributed by atoms with Crippen LogP contribution >= 0.6 is 0 Å². The number of para-hydroxylation sites is 2. The first-order valence-electron chi connectivity index (χ1n) is 8.41. The third-order valence-corrected chi connectivity index (χ3v) is 3.58. The summed E-state index contributed by atoms with van der Waals surface area (Å²) in [4.78, 5) is 12.2. The number of aryl methyl sites for hydroxylation is 1. The Balaban J connectivity index is 1.84. The predicted octanol–water partition coefficient (Wildman–Crippen LogP) is 4.62. The van der Waals surface area contributed by atoms with Crippen LogP contribution in [0.3, 0.4) is 0 Å². The molecule has 0 aliphatic rings. The fraction of sp³-hybridized carbons (Fsp3) is 0.350. The SMILES string of the molecule is CC(CCc1ccccc1)NC(=O)Nc1ccccc1OC(C)C. The Kier molecular flexibility index (Phi) is 6.67. The van der Waals surface area contributed by atoms with Crippen LogP contribution in [0.4, 0.5) is 10.5 Å². The lowest BCUT2D eigenvalue weighted by molar-refractivity contribution is 0.241. The number of carbonyl (C=O) groups is 1. The zero-order valence-electron chi connectivity index (χ0n) is 14.6. The zero-order chi connectivity index (χ0) is 17.4. The van der Waals surface area contributed by atoms with Crippen LogP contribution in [0, 0.1) is 0 Å². The summed E-state index contributed by atoms with van der Waals surface area (Å²) in [6, 6.07) is 17.6. The molecule has 2 N–H and O–H groups in total. The molecule has 24 heavy (non-hydrogen) atoms. The number of ether oxygens (including phenoxy) is 1. The molecule has 1 unspecified atom stereocenters. The highest BCUT2D eigenvalue weighted by Crippen LogP contribution is 2.24. The minimum atomic E-state index is -0.213. The van der Waals surface area contributed by atoms with Gasteiger partial charge < -0.3 is 15.4 Å². The molecule has 4 heteroatoms. The molecule has 0 spiro atoms. The second-order valence-corrected chi connectivity index (χ2v) is 6.19. The number of nitrogens with one attached hydrogen (secondary N) is 2. The maximum atomic E-state index is 12.2. The van der Waals surface area contributed by atoms with E-state index in [1.54, 1.807) is 0 Å². The lowest BCUT2D eigenvalue weighted by Gasteiger charge is -2.17. The fourth-order valence-corrected chi connectivity index (χ4v) is 2.41. The van der Waals surface area contributed by atoms with E-state index < -0.39 is 0 Å². The largest absolute Gasteiger partial charge is 0.489 e. The molecule has 128 valence electrons. The van der Waals surface area contributed by atoms with Gasteiger partial charge in [0.2, 0.25) is 0 Å². The first-order valence-corrected chi connectivity index (χ1v) is 8.41. The Morgan fingerprint density at radius 2 is 1.67 bits per heavy atom. The topological polar surface area (TPSA) is 50.4 Å². The van der Waals surface area contributed by atoms with E-state index in [0.29, 0.717) is 11.4 Å². The quantitative estimate of drug-likeness (QED) is 0.780. The Bertz CT molecular complexity index is 641. The van der Waals surface area contributed by atoms with Gasteiger partial charge in [0.1, 0.15) is 5.75 Å². The number of hydrogen-bond acceptors (Lipinski definition) is 2. The molecule has 0 aliphatic carbocycles. The van der Waals surface area contributed by atoms with Crippen molar-refractivity contribution in [3.63, 3.8) is 0 Å². The third-order valence-electron chi connectivity index (χ3n) is 3.58. The van der Waals surface area contributed by atoms with Crippen molar-refractivity contribution in [3.05, 3.63) is 60.2 Å². The molecule has 1 atom stereocenters. The highest BCUT2D eigenvalue weighted by atomic mass is 16.5. The van der Waals surface area contributed by atoms with Gasteiger partial charge in [-0.1, -0.05) is 42.5 Å². The molecule has 0 bridgehead atoms. The Labute approximate surface area is 144 Å². The molecule has 2 amide bonds. The van der Waals surface area contributed by atoms with Crippen molar-refractivity contribution in [2.75, 3.05) is 5.32 Å². The van der Waals surface area contributed by atoms with Crippen LogP contribution in [0.15, 0.2) is 54.6 Å². The van der Waals surface area contributed by atoms with Crippen molar-refractivity contribution in [3.8, 4) is 5.75 Å². The molecule has 4 nitrogen and oxygen atoms in total. The van der Waals surface area contributed by atoms with Crippen LogP contribution in [-0.4, -0.2) is 18.2 Å². The van der Waals surface area contributed by atoms with Crippen molar-refractivity contribution < 1.29 is 9.53 Å². The van der Waals surface area contributed by atoms with Crippen LogP contribution in [0.2, 0.25) is 0 Å². The zero-order valence-corrected chi connectivity index (χ0v) is 14.6. The van der Waals surface area contributed by atoms with Crippen molar-refractivity contribution in [2.45, 2.75) is 45.8 Å². The number of rotatable bonds is 7. The molecule has 2 aromatic rings. The van der Waals surface area contributed by atoms with E-state index in [4.69, 9.17) is 4.74 Å². The average molecular weight is 326 g/mol. The lowest BCUT2D eigenvalue weighted by Crippen LogP contribution is -2.36. The standard InChI is InChI=1S/C20H26N2O2/c1-15(2)24-19-12-8-7-11-18(19)22-20(23)21-16(3)13-14-17-9-5-4-6-10-17/h4-12,15-16H,13-14H2,1-3H3,(H2,21,22,23). The number of benzene rings is 2. The van der Waals surface area contributed by atoms with Crippen LogP contribution in [0.5, 0.6) is 5.75 Å². The number of amides is 2. The summed E-state index contributed by atoms with van der Waals surface area (Å²) in [5.74, 6) is 0.680. The molecule has 0 aliphatic heterocycles. The molecule has 0 saturated heterocycles. The Morgan fingerprint density at radius 3 is 2.38 bits per heavy atom. The molecular formula is C20H26N2O2. The van der Waals surface area contributed by atoms with E-state index in [1.807, 2.05) is 63.2 Å². The van der Waals surface area contributed by atoms with Crippen molar-refractivity contribution >= 4 is 11.7 Å². The van der Waals surface area contributed by atoms with E-state index in [1.165, 1.54) is 5.56 Å². The lowest BCUT2D eigenvalue weighted by atomic mass is 10.1. The molecule has 0 saturated carbocycles.